The summed E-state index contributed by atoms with van der Waals surface area (Å²) in [6, 6.07) is 7.39. The molecule has 0 aliphatic carbocycles. The zero-order chi connectivity index (χ0) is 15.1. The maximum Gasteiger partial charge on any atom is 0.303 e. The lowest BCUT2D eigenvalue weighted by Crippen LogP contribution is -2.16. The van der Waals surface area contributed by atoms with Crippen LogP contribution >= 0.6 is 0 Å². The monoisotopic (exact) mass is 290 g/mol. The molecule has 0 aromatic heterocycles. The summed E-state index contributed by atoms with van der Waals surface area (Å²) in [6.07, 6.45) is 3.05. The lowest BCUT2D eigenvalue weighted by atomic mass is 10.0. The van der Waals surface area contributed by atoms with Gasteiger partial charge in [0.1, 0.15) is 0 Å². The molecule has 114 valence electrons. The van der Waals surface area contributed by atoms with Crippen molar-refractivity contribution in [3.05, 3.63) is 29.8 Å². The number of aliphatic carboxylic acids is 1. The predicted molar refractivity (Wildman–Crippen MR) is 81.2 cm³/mol. The van der Waals surface area contributed by atoms with Crippen LogP contribution in [-0.2, 0) is 16.0 Å². The third kappa shape index (κ3) is 5.19. The molecule has 1 aromatic rings. The summed E-state index contributed by atoms with van der Waals surface area (Å²) in [4.78, 5) is 22.7. The number of anilines is 1. The largest absolute Gasteiger partial charge is 0.481 e. The van der Waals surface area contributed by atoms with E-state index in [1.54, 1.807) is 0 Å². The number of benzene rings is 1. The molecule has 3 N–H and O–H groups in total. The van der Waals surface area contributed by atoms with Gasteiger partial charge in [0.05, 0.1) is 0 Å². The number of carboxylic acid groups (broad SMARTS) is 1. The van der Waals surface area contributed by atoms with E-state index in [9.17, 15) is 9.59 Å². The van der Waals surface area contributed by atoms with E-state index in [1.165, 1.54) is 0 Å². The first-order valence-electron chi connectivity index (χ1n) is 7.45. The van der Waals surface area contributed by atoms with Gasteiger partial charge < -0.3 is 15.7 Å². The molecule has 1 aliphatic rings. The Hall–Kier alpha value is -1.88. The molecule has 0 spiro atoms. The van der Waals surface area contributed by atoms with Crippen molar-refractivity contribution in [1.82, 2.24) is 5.32 Å². The summed E-state index contributed by atoms with van der Waals surface area (Å²) in [7, 11) is 0. The Labute approximate surface area is 124 Å². The molecule has 21 heavy (non-hydrogen) atoms. The van der Waals surface area contributed by atoms with Crippen LogP contribution in [0.15, 0.2) is 24.3 Å². The highest BCUT2D eigenvalue weighted by Gasteiger charge is 2.16. The first kappa shape index (κ1) is 15.5. The number of amides is 1. The SMILES string of the molecule is O=C(O)CCc1ccccc1NC(=O)CCC1CCNC1. The molecule has 5 heteroatoms. The van der Waals surface area contributed by atoms with Crippen LogP contribution in [0, 0.1) is 5.92 Å². The number of hydrogen-bond acceptors (Lipinski definition) is 3. The summed E-state index contributed by atoms with van der Waals surface area (Å²) >= 11 is 0. The minimum Gasteiger partial charge on any atom is -0.481 e. The maximum atomic E-state index is 12.0. The fourth-order valence-electron chi connectivity index (χ4n) is 2.61. The van der Waals surface area contributed by atoms with Crippen LogP contribution in [0.25, 0.3) is 0 Å². The highest BCUT2D eigenvalue weighted by atomic mass is 16.4. The van der Waals surface area contributed by atoms with Crippen molar-refractivity contribution in [3.63, 3.8) is 0 Å². The Morgan fingerprint density at radius 1 is 1.29 bits per heavy atom. The highest BCUT2D eigenvalue weighted by molar-refractivity contribution is 5.91. The first-order valence-corrected chi connectivity index (χ1v) is 7.45. The zero-order valence-corrected chi connectivity index (χ0v) is 12.1. The Kier molecular flexibility index (Phi) is 5.75. The van der Waals surface area contributed by atoms with Crippen molar-refractivity contribution in [1.29, 1.82) is 0 Å². The molecule has 1 saturated heterocycles. The maximum absolute atomic E-state index is 12.0. The first-order chi connectivity index (χ1) is 10.1. The molecule has 1 unspecified atom stereocenters. The second-order valence-electron chi connectivity index (χ2n) is 5.50. The van der Waals surface area contributed by atoms with Crippen LogP contribution < -0.4 is 10.6 Å². The van der Waals surface area contributed by atoms with Crippen molar-refractivity contribution >= 4 is 17.6 Å². The van der Waals surface area contributed by atoms with Gasteiger partial charge in [0.2, 0.25) is 5.91 Å². The average molecular weight is 290 g/mol. The van der Waals surface area contributed by atoms with Crippen LogP contribution in [0.2, 0.25) is 0 Å². The van der Waals surface area contributed by atoms with Crippen molar-refractivity contribution in [2.24, 2.45) is 5.92 Å². The van der Waals surface area contributed by atoms with E-state index in [0.29, 0.717) is 18.8 Å². The average Bonchev–Trinajstić information content (AvgIpc) is 2.97. The summed E-state index contributed by atoms with van der Waals surface area (Å²) in [5.74, 6) is -0.229. The number of carbonyl (C=O) groups is 2. The van der Waals surface area contributed by atoms with Crippen LogP contribution in [0.1, 0.15) is 31.2 Å². The van der Waals surface area contributed by atoms with E-state index < -0.39 is 5.97 Å². The number of rotatable bonds is 7. The van der Waals surface area contributed by atoms with Crippen molar-refractivity contribution < 1.29 is 14.7 Å². The van der Waals surface area contributed by atoms with Crippen molar-refractivity contribution in [2.75, 3.05) is 18.4 Å². The molecule has 2 rings (SSSR count). The number of para-hydroxylation sites is 1. The number of carboxylic acids is 1. The van der Waals surface area contributed by atoms with Crippen LogP contribution in [-0.4, -0.2) is 30.1 Å². The van der Waals surface area contributed by atoms with Gasteiger partial charge in [0, 0.05) is 18.5 Å². The second-order valence-corrected chi connectivity index (χ2v) is 5.50. The number of carbonyl (C=O) groups excluding carboxylic acids is 1. The fourth-order valence-corrected chi connectivity index (χ4v) is 2.61. The van der Waals surface area contributed by atoms with Crippen LogP contribution in [0.3, 0.4) is 0 Å². The molecule has 1 aliphatic heterocycles. The van der Waals surface area contributed by atoms with Gasteiger partial charge in [0.25, 0.3) is 0 Å². The topological polar surface area (TPSA) is 78.4 Å². The van der Waals surface area contributed by atoms with Gasteiger partial charge >= 0.3 is 5.97 Å². The molecular weight excluding hydrogens is 268 g/mol. The van der Waals surface area contributed by atoms with Gasteiger partial charge in [-0.3, -0.25) is 9.59 Å². The van der Waals surface area contributed by atoms with Gasteiger partial charge in [-0.1, -0.05) is 18.2 Å². The summed E-state index contributed by atoms with van der Waals surface area (Å²) in [6.45, 7) is 2.05. The number of aryl methyl sites for hydroxylation is 1. The van der Waals surface area contributed by atoms with Gasteiger partial charge in [-0.05, 0) is 49.9 Å². The third-order valence-electron chi connectivity index (χ3n) is 3.84. The summed E-state index contributed by atoms with van der Waals surface area (Å²) < 4.78 is 0. The molecule has 0 radical (unpaired) electrons. The normalized spacial score (nSPS) is 17.6. The minimum absolute atomic E-state index is 0.00433. The lowest BCUT2D eigenvalue weighted by Gasteiger charge is -2.12. The fraction of sp³-hybridized carbons (Fsp3) is 0.500. The highest BCUT2D eigenvalue weighted by Crippen LogP contribution is 2.19. The molecule has 1 aromatic carbocycles. The molecule has 1 atom stereocenters. The van der Waals surface area contributed by atoms with Crippen molar-refractivity contribution in [3.8, 4) is 0 Å². The molecular formula is C16H22N2O3. The van der Waals surface area contributed by atoms with E-state index in [4.69, 9.17) is 5.11 Å². The summed E-state index contributed by atoms with van der Waals surface area (Å²) in [5, 5.41) is 15.0. The van der Waals surface area contributed by atoms with E-state index in [1.807, 2.05) is 24.3 Å². The van der Waals surface area contributed by atoms with E-state index in [0.717, 1.165) is 37.2 Å². The van der Waals surface area contributed by atoms with Crippen LogP contribution in [0.5, 0.6) is 0 Å². The smallest absolute Gasteiger partial charge is 0.303 e. The molecule has 1 amide bonds. The minimum atomic E-state index is -0.829. The Morgan fingerprint density at radius 2 is 2.10 bits per heavy atom. The quantitative estimate of drug-likeness (QED) is 0.718. The lowest BCUT2D eigenvalue weighted by molar-refractivity contribution is -0.136. The second kappa shape index (κ2) is 7.78. The Morgan fingerprint density at radius 3 is 2.81 bits per heavy atom. The molecule has 0 bridgehead atoms. The summed E-state index contributed by atoms with van der Waals surface area (Å²) in [5.41, 5.74) is 1.60. The number of hydrogen-bond donors (Lipinski definition) is 3. The van der Waals surface area contributed by atoms with E-state index >= 15 is 0 Å². The van der Waals surface area contributed by atoms with E-state index in [-0.39, 0.29) is 12.3 Å². The molecule has 1 fully saturated rings. The number of nitrogens with one attached hydrogen (secondary N) is 2. The van der Waals surface area contributed by atoms with Gasteiger partial charge in [-0.15, -0.1) is 0 Å². The van der Waals surface area contributed by atoms with Gasteiger partial charge in [0.15, 0.2) is 0 Å². The predicted octanol–water partition coefficient (Wildman–Crippen LogP) is 2.03. The Bertz CT molecular complexity index is 496. The van der Waals surface area contributed by atoms with Crippen LogP contribution in [0.4, 0.5) is 5.69 Å². The van der Waals surface area contributed by atoms with Crippen molar-refractivity contribution in [2.45, 2.75) is 32.1 Å². The van der Waals surface area contributed by atoms with Gasteiger partial charge in [-0.25, -0.2) is 0 Å². The molecule has 5 nitrogen and oxygen atoms in total. The van der Waals surface area contributed by atoms with E-state index in [2.05, 4.69) is 10.6 Å². The standard InChI is InChI=1S/C16H22N2O3/c19-15(7-5-12-9-10-17-11-12)18-14-4-2-1-3-13(14)6-8-16(20)21/h1-4,12,17H,5-11H2,(H,18,19)(H,20,21). The molecule has 0 saturated carbocycles. The zero-order valence-electron chi connectivity index (χ0n) is 12.1. The third-order valence-corrected chi connectivity index (χ3v) is 3.84. The van der Waals surface area contributed by atoms with Gasteiger partial charge in [-0.2, -0.15) is 0 Å². The Balaban J connectivity index is 1.85. The molecule has 1 heterocycles.